The molecule has 2 aliphatic rings. The number of hydrogen-bond donors (Lipinski definition) is 0. The largest absolute Gasteiger partial charge is 0.332 e. The van der Waals surface area contributed by atoms with Crippen LogP contribution in [0.4, 0.5) is 5.69 Å². The van der Waals surface area contributed by atoms with Gasteiger partial charge in [-0.25, -0.2) is 4.98 Å². The summed E-state index contributed by atoms with van der Waals surface area (Å²) in [5.74, 6) is 0. The summed E-state index contributed by atoms with van der Waals surface area (Å²) in [6.07, 6.45) is 8.34. The molecule has 4 heteroatoms. The van der Waals surface area contributed by atoms with E-state index in [-0.39, 0.29) is 12.2 Å². The van der Waals surface area contributed by atoms with Crippen LogP contribution in [-0.2, 0) is 0 Å². The number of hydrogen-bond acceptors (Lipinski definition) is 3. The average Bonchev–Trinajstić information content (AvgIpc) is 2.95. The summed E-state index contributed by atoms with van der Waals surface area (Å²) in [6, 6.07) is 16.7. The fraction of sp³-hybridized carbons (Fsp3) is 0.111. The number of nitrogens with zero attached hydrogens (tertiary/aromatic N) is 3. The van der Waals surface area contributed by atoms with Gasteiger partial charge in [-0.3, -0.25) is 4.99 Å². The zero-order valence-corrected chi connectivity index (χ0v) is 14.0. The first kappa shape index (κ1) is 13.7. The number of allylic oxidation sites excluding steroid dienone is 2. The van der Waals surface area contributed by atoms with Gasteiger partial charge < -0.3 is 4.90 Å². The summed E-state index contributed by atoms with van der Waals surface area (Å²) in [4.78, 5) is 11.9. The van der Waals surface area contributed by atoms with Gasteiger partial charge in [0.25, 0.3) is 0 Å². The van der Waals surface area contributed by atoms with Gasteiger partial charge in [-0.2, -0.15) is 0 Å². The van der Waals surface area contributed by atoms with Crippen molar-refractivity contribution in [3.63, 3.8) is 0 Å². The molecule has 2 atom stereocenters. The van der Waals surface area contributed by atoms with Crippen LogP contribution in [0.5, 0.6) is 0 Å². The van der Waals surface area contributed by atoms with E-state index >= 15 is 0 Å². The van der Waals surface area contributed by atoms with Gasteiger partial charge >= 0.3 is 0 Å². The highest BCUT2D eigenvalue weighted by Gasteiger charge is 2.36. The van der Waals surface area contributed by atoms with E-state index in [0.29, 0.717) is 0 Å². The summed E-state index contributed by atoms with van der Waals surface area (Å²) in [5.41, 5.74) is 3.24. The maximum absolute atomic E-state index is 4.92. The molecule has 1 aliphatic carbocycles. The van der Waals surface area contributed by atoms with Gasteiger partial charge in [0.2, 0.25) is 0 Å². The van der Waals surface area contributed by atoms with Gasteiger partial charge in [-0.05, 0) is 52.9 Å². The molecule has 1 aromatic heterocycles. The van der Waals surface area contributed by atoms with E-state index in [0.717, 1.165) is 20.8 Å². The van der Waals surface area contributed by atoms with E-state index < -0.39 is 0 Å². The summed E-state index contributed by atoms with van der Waals surface area (Å²) >= 11 is 2.25. The number of aliphatic imine (C=N–C) groups is 1. The van der Waals surface area contributed by atoms with Crippen LogP contribution in [0.3, 0.4) is 0 Å². The highest BCUT2D eigenvalue weighted by atomic mass is 127. The lowest BCUT2D eigenvalue weighted by atomic mass is 10.1. The first-order valence-electron chi connectivity index (χ1n) is 7.21. The Bertz CT molecular complexity index is 780. The monoisotopic (exact) mass is 399 g/mol. The third kappa shape index (κ3) is 2.37. The molecule has 4 rings (SSSR count). The Balaban J connectivity index is 1.82. The van der Waals surface area contributed by atoms with Crippen molar-refractivity contribution >= 4 is 34.0 Å². The molecule has 0 saturated heterocycles. The van der Waals surface area contributed by atoms with Crippen molar-refractivity contribution in [1.29, 1.82) is 0 Å². The molecule has 1 aromatic carbocycles. The highest BCUT2D eigenvalue weighted by Crippen LogP contribution is 2.36. The summed E-state index contributed by atoms with van der Waals surface area (Å²) in [6.45, 7) is 0. The van der Waals surface area contributed by atoms with Gasteiger partial charge in [-0.15, -0.1) is 0 Å². The number of pyridine rings is 1. The van der Waals surface area contributed by atoms with Crippen molar-refractivity contribution in [2.45, 2.75) is 12.2 Å². The number of benzene rings is 1. The van der Waals surface area contributed by atoms with E-state index in [2.05, 4.69) is 81.0 Å². The summed E-state index contributed by atoms with van der Waals surface area (Å²) < 4.78 is 0.990. The Morgan fingerprint density at radius 2 is 1.82 bits per heavy atom. The van der Waals surface area contributed by atoms with Crippen molar-refractivity contribution in [3.8, 4) is 0 Å². The number of anilines is 1. The molecule has 0 radical (unpaired) electrons. The zero-order valence-electron chi connectivity index (χ0n) is 11.8. The SMILES string of the molecule is Ic1cccc(C2N=C3C=CC=CC3N2c2ccccc2)n1. The van der Waals surface area contributed by atoms with Crippen LogP contribution >= 0.6 is 22.6 Å². The van der Waals surface area contributed by atoms with E-state index in [1.165, 1.54) is 0 Å². The van der Waals surface area contributed by atoms with Crippen LogP contribution in [0.25, 0.3) is 0 Å². The Morgan fingerprint density at radius 1 is 0.955 bits per heavy atom. The molecule has 0 spiro atoms. The quantitative estimate of drug-likeness (QED) is 0.561. The van der Waals surface area contributed by atoms with Crippen molar-refractivity contribution in [3.05, 3.63) is 82.2 Å². The Morgan fingerprint density at radius 3 is 2.64 bits per heavy atom. The van der Waals surface area contributed by atoms with Gasteiger partial charge in [0, 0.05) is 5.69 Å². The predicted molar refractivity (Wildman–Crippen MR) is 98.1 cm³/mol. The smallest absolute Gasteiger partial charge is 0.165 e. The second kappa shape index (κ2) is 5.68. The van der Waals surface area contributed by atoms with Gasteiger partial charge in [0.1, 0.15) is 3.70 Å². The van der Waals surface area contributed by atoms with Gasteiger partial charge in [-0.1, -0.05) is 42.5 Å². The lowest BCUT2D eigenvalue weighted by Gasteiger charge is -2.30. The molecular weight excluding hydrogens is 385 g/mol. The van der Waals surface area contributed by atoms with Gasteiger partial charge in [0.15, 0.2) is 6.17 Å². The molecule has 1 aliphatic heterocycles. The number of para-hydroxylation sites is 1. The number of halogens is 1. The summed E-state index contributed by atoms with van der Waals surface area (Å²) in [5, 5.41) is 0. The molecule has 22 heavy (non-hydrogen) atoms. The molecule has 2 unspecified atom stereocenters. The maximum Gasteiger partial charge on any atom is 0.165 e. The number of aromatic nitrogens is 1. The Kier molecular flexibility index (Phi) is 3.54. The molecule has 0 fully saturated rings. The average molecular weight is 399 g/mol. The maximum atomic E-state index is 4.92. The van der Waals surface area contributed by atoms with Crippen molar-refractivity contribution in [1.82, 2.24) is 4.98 Å². The molecule has 2 heterocycles. The minimum absolute atomic E-state index is 0.0792. The topological polar surface area (TPSA) is 28.5 Å². The predicted octanol–water partition coefficient (Wildman–Crippen LogP) is 4.14. The molecule has 0 N–H and O–H groups in total. The second-order valence-electron chi connectivity index (χ2n) is 5.24. The lowest BCUT2D eigenvalue weighted by Crippen LogP contribution is -2.36. The van der Waals surface area contributed by atoms with Crippen molar-refractivity contribution in [2.24, 2.45) is 4.99 Å². The summed E-state index contributed by atoms with van der Waals surface area (Å²) in [7, 11) is 0. The molecule has 0 amide bonds. The van der Waals surface area contributed by atoms with E-state index in [1.54, 1.807) is 0 Å². The molecule has 0 saturated carbocycles. The van der Waals surface area contributed by atoms with Crippen molar-refractivity contribution in [2.75, 3.05) is 4.90 Å². The highest BCUT2D eigenvalue weighted by molar-refractivity contribution is 14.1. The second-order valence-corrected chi connectivity index (χ2v) is 6.35. The Hall–Kier alpha value is -1.95. The minimum Gasteiger partial charge on any atom is -0.332 e. The standard InChI is InChI=1S/C18H14IN3/c19-17-12-6-10-15(20-17)18-21-14-9-4-5-11-16(14)22(18)13-7-2-1-3-8-13/h1-12,16,18H. The molecular formula is C18H14IN3. The lowest BCUT2D eigenvalue weighted by molar-refractivity contribution is 0.674. The van der Waals surface area contributed by atoms with E-state index in [9.17, 15) is 0 Å². The number of fused-ring (bicyclic) bond motifs is 1. The van der Waals surface area contributed by atoms with Crippen LogP contribution in [0.1, 0.15) is 11.9 Å². The molecule has 3 nitrogen and oxygen atoms in total. The third-order valence-corrected chi connectivity index (χ3v) is 4.47. The minimum atomic E-state index is -0.0792. The molecule has 108 valence electrons. The normalized spacial score (nSPS) is 22.6. The first-order chi connectivity index (χ1) is 10.8. The van der Waals surface area contributed by atoms with E-state index in [4.69, 9.17) is 4.99 Å². The van der Waals surface area contributed by atoms with Crippen LogP contribution in [0.2, 0.25) is 0 Å². The Labute approximate surface area is 143 Å². The van der Waals surface area contributed by atoms with E-state index in [1.807, 2.05) is 24.3 Å². The number of rotatable bonds is 2. The van der Waals surface area contributed by atoms with Crippen LogP contribution in [-0.4, -0.2) is 16.7 Å². The van der Waals surface area contributed by atoms with Crippen LogP contribution in [0, 0.1) is 3.70 Å². The van der Waals surface area contributed by atoms with Gasteiger partial charge in [0.05, 0.1) is 17.4 Å². The fourth-order valence-corrected chi connectivity index (χ4v) is 3.40. The van der Waals surface area contributed by atoms with Crippen LogP contribution in [0.15, 0.2) is 77.8 Å². The third-order valence-electron chi connectivity index (χ3n) is 3.86. The first-order valence-corrected chi connectivity index (χ1v) is 8.29. The van der Waals surface area contributed by atoms with Crippen molar-refractivity contribution < 1.29 is 0 Å². The van der Waals surface area contributed by atoms with Crippen LogP contribution < -0.4 is 4.90 Å². The molecule has 2 aromatic rings. The zero-order chi connectivity index (χ0) is 14.9. The fourth-order valence-electron chi connectivity index (χ4n) is 2.91. The molecule has 0 bridgehead atoms.